The van der Waals surface area contributed by atoms with Crippen LogP contribution in [0.15, 0.2) is 36.4 Å². The Hall–Kier alpha value is -2.64. The van der Waals surface area contributed by atoms with Crippen LogP contribution >= 0.6 is 11.6 Å². The lowest BCUT2D eigenvalue weighted by Gasteiger charge is -2.18. The molecule has 2 rings (SSSR count). The Morgan fingerprint density at radius 2 is 2.04 bits per heavy atom. The highest BCUT2D eigenvalue weighted by molar-refractivity contribution is 6.30. The molecule has 0 saturated carbocycles. The summed E-state index contributed by atoms with van der Waals surface area (Å²) in [6, 6.07) is 9.67. The predicted octanol–water partition coefficient (Wildman–Crippen LogP) is 3.64. The molecule has 0 aliphatic heterocycles. The number of nitrogens with zero attached hydrogens (tertiary/aromatic N) is 2. The van der Waals surface area contributed by atoms with Crippen molar-refractivity contribution in [2.45, 2.75) is 13.5 Å². The predicted molar refractivity (Wildman–Crippen MR) is 101 cm³/mol. The number of aryl methyl sites for hydroxylation is 1. The Kier molecular flexibility index (Phi) is 6.54. The first-order valence-corrected chi connectivity index (χ1v) is 8.24. The minimum absolute atomic E-state index is 0.0667. The highest BCUT2D eigenvalue weighted by Crippen LogP contribution is 2.24. The van der Waals surface area contributed by atoms with Crippen LogP contribution in [0.5, 0.6) is 5.75 Å². The van der Waals surface area contributed by atoms with E-state index in [0.29, 0.717) is 23.0 Å². The zero-order valence-corrected chi connectivity index (χ0v) is 15.5. The molecule has 0 heterocycles. The molecule has 2 aromatic rings. The van der Waals surface area contributed by atoms with E-state index >= 15 is 0 Å². The number of methoxy groups -OCH3 is 1. The largest absolute Gasteiger partial charge is 0.496 e. The summed E-state index contributed by atoms with van der Waals surface area (Å²) in [5.74, 6) is 0.424. The Labute approximate surface area is 156 Å². The van der Waals surface area contributed by atoms with E-state index in [1.54, 1.807) is 50.2 Å². The molecule has 0 unspecified atom stereocenters. The minimum atomic E-state index is -0.493. The molecule has 7 nitrogen and oxygen atoms in total. The highest BCUT2D eigenvalue weighted by Gasteiger charge is 2.14. The van der Waals surface area contributed by atoms with Crippen LogP contribution in [0.4, 0.5) is 11.4 Å². The van der Waals surface area contributed by atoms with E-state index in [9.17, 15) is 14.9 Å². The number of benzene rings is 2. The van der Waals surface area contributed by atoms with Crippen molar-refractivity contribution >= 4 is 28.9 Å². The fraction of sp³-hybridized carbons (Fsp3) is 0.278. The topological polar surface area (TPSA) is 84.7 Å². The second-order valence-electron chi connectivity index (χ2n) is 5.93. The zero-order chi connectivity index (χ0) is 19.3. The van der Waals surface area contributed by atoms with E-state index in [1.165, 1.54) is 12.1 Å². The van der Waals surface area contributed by atoms with Gasteiger partial charge in [-0.05, 0) is 37.7 Å². The van der Waals surface area contributed by atoms with E-state index in [1.807, 2.05) is 0 Å². The molecule has 0 aromatic heterocycles. The lowest BCUT2D eigenvalue weighted by molar-refractivity contribution is -0.384. The second-order valence-corrected chi connectivity index (χ2v) is 6.37. The third kappa shape index (κ3) is 5.18. The van der Waals surface area contributed by atoms with Gasteiger partial charge in [-0.3, -0.25) is 19.8 Å². The number of carbonyl (C=O) groups is 1. The van der Waals surface area contributed by atoms with E-state index in [-0.39, 0.29) is 18.1 Å². The minimum Gasteiger partial charge on any atom is -0.496 e. The van der Waals surface area contributed by atoms with Gasteiger partial charge in [-0.2, -0.15) is 0 Å². The quantitative estimate of drug-likeness (QED) is 0.588. The first kappa shape index (κ1) is 19.7. The van der Waals surface area contributed by atoms with Crippen LogP contribution in [-0.4, -0.2) is 36.4 Å². The lowest BCUT2D eigenvalue weighted by atomic mass is 10.1. The summed E-state index contributed by atoms with van der Waals surface area (Å²) >= 11 is 6.02. The van der Waals surface area contributed by atoms with Crippen molar-refractivity contribution in [3.63, 3.8) is 0 Å². The maximum absolute atomic E-state index is 12.3. The van der Waals surface area contributed by atoms with Gasteiger partial charge >= 0.3 is 0 Å². The molecule has 0 aliphatic rings. The maximum atomic E-state index is 12.3. The van der Waals surface area contributed by atoms with Gasteiger partial charge in [0.1, 0.15) is 5.75 Å². The molecule has 2 aromatic carbocycles. The number of nitro groups is 1. The van der Waals surface area contributed by atoms with E-state index in [0.717, 1.165) is 11.1 Å². The molecule has 0 bridgehead atoms. The fourth-order valence-corrected chi connectivity index (χ4v) is 2.71. The van der Waals surface area contributed by atoms with Crippen LogP contribution in [0.1, 0.15) is 11.1 Å². The summed E-state index contributed by atoms with van der Waals surface area (Å²) in [6.07, 6.45) is 0. The number of rotatable bonds is 7. The van der Waals surface area contributed by atoms with Gasteiger partial charge in [0.15, 0.2) is 0 Å². The van der Waals surface area contributed by atoms with Crippen molar-refractivity contribution in [1.29, 1.82) is 0 Å². The number of nitrogens with one attached hydrogen (secondary N) is 1. The first-order chi connectivity index (χ1) is 12.3. The van der Waals surface area contributed by atoms with E-state index in [4.69, 9.17) is 16.3 Å². The number of ether oxygens (including phenoxy) is 1. The fourth-order valence-electron chi connectivity index (χ4n) is 2.51. The normalized spacial score (nSPS) is 10.7. The van der Waals surface area contributed by atoms with Gasteiger partial charge in [-0.1, -0.05) is 17.7 Å². The molecule has 0 atom stereocenters. The summed E-state index contributed by atoms with van der Waals surface area (Å²) in [6.45, 7) is 2.35. The van der Waals surface area contributed by atoms with Crippen molar-refractivity contribution in [3.8, 4) is 5.75 Å². The van der Waals surface area contributed by atoms with Gasteiger partial charge in [0.2, 0.25) is 5.91 Å². The number of nitro benzene ring substituents is 1. The Morgan fingerprint density at radius 3 is 2.69 bits per heavy atom. The first-order valence-electron chi connectivity index (χ1n) is 7.86. The Morgan fingerprint density at radius 1 is 1.31 bits per heavy atom. The summed E-state index contributed by atoms with van der Waals surface area (Å²) in [5, 5.41) is 14.2. The van der Waals surface area contributed by atoms with Crippen LogP contribution < -0.4 is 10.1 Å². The molecule has 138 valence electrons. The van der Waals surface area contributed by atoms with Gasteiger partial charge in [0.05, 0.1) is 24.3 Å². The number of likely N-dealkylation sites (N-methyl/N-ethyl adjacent to an activating group) is 1. The molecule has 8 heteroatoms. The average molecular weight is 378 g/mol. The summed E-state index contributed by atoms with van der Waals surface area (Å²) in [5.41, 5.74) is 1.98. The number of halogens is 1. The van der Waals surface area contributed by atoms with Crippen molar-refractivity contribution in [3.05, 3.63) is 62.7 Å². The maximum Gasteiger partial charge on any atom is 0.271 e. The van der Waals surface area contributed by atoms with Gasteiger partial charge in [0.25, 0.3) is 5.69 Å². The number of amides is 1. The monoisotopic (exact) mass is 377 g/mol. The van der Waals surface area contributed by atoms with Crippen molar-refractivity contribution < 1.29 is 14.5 Å². The van der Waals surface area contributed by atoms with Crippen LogP contribution in [-0.2, 0) is 11.3 Å². The zero-order valence-electron chi connectivity index (χ0n) is 14.8. The van der Waals surface area contributed by atoms with E-state index in [2.05, 4.69) is 5.32 Å². The second kappa shape index (κ2) is 8.64. The van der Waals surface area contributed by atoms with Gasteiger partial charge in [-0.15, -0.1) is 0 Å². The SMILES string of the molecule is COc1ccc(Cl)cc1CN(C)CC(=O)Nc1cc([N+](=O)[O-])ccc1C. The molecule has 0 saturated heterocycles. The lowest BCUT2D eigenvalue weighted by Crippen LogP contribution is -2.30. The van der Waals surface area contributed by atoms with Crippen molar-refractivity contribution in [1.82, 2.24) is 4.90 Å². The standard InChI is InChI=1S/C18H20ClN3O4/c1-12-4-6-15(22(24)25)9-16(12)20-18(23)11-21(2)10-13-8-14(19)5-7-17(13)26-3/h4-9H,10-11H2,1-3H3,(H,20,23). The van der Waals surface area contributed by atoms with Crippen molar-refractivity contribution in [2.24, 2.45) is 0 Å². The molecule has 0 radical (unpaired) electrons. The number of anilines is 1. The third-order valence-corrected chi connectivity index (χ3v) is 4.04. The molecule has 0 aliphatic carbocycles. The number of hydrogen-bond acceptors (Lipinski definition) is 5. The Bertz CT molecular complexity index is 826. The van der Waals surface area contributed by atoms with Crippen LogP contribution in [0, 0.1) is 17.0 Å². The van der Waals surface area contributed by atoms with Crippen molar-refractivity contribution in [2.75, 3.05) is 26.0 Å². The number of hydrogen-bond donors (Lipinski definition) is 1. The molecule has 26 heavy (non-hydrogen) atoms. The summed E-state index contributed by atoms with van der Waals surface area (Å²) in [7, 11) is 3.37. The van der Waals surface area contributed by atoms with Crippen LogP contribution in [0.3, 0.4) is 0 Å². The van der Waals surface area contributed by atoms with E-state index < -0.39 is 4.92 Å². The van der Waals surface area contributed by atoms with Gasteiger partial charge < -0.3 is 10.1 Å². The molecule has 0 fully saturated rings. The molecule has 1 N–H and O–H groups in total. The van der Waals surface area contributed by atoms with Gasteiger partial charge in [0, 0.05) is 29.3 Å². The van der Waals surface area contributed by atoms with Crippen LogP contribution in [0.2, 0.25) is 5.02 Å². The third-order valence-electron chi connectivity index (χ3n) is 3.80. The molecular weight excluding hydrogens is 358 g/mol. The molecule has 1 amide bonds. The molecule has 0 spiro atoms. The van der Waals surface area contributed by atoms with Gasteiger partial charge in [-0.25, -0.2) is 0 Å². The average Bonchev–Trinajstić information content (AvgIpc) is 2.56. The highest BCUT2D eigenvalue weighted by atomic mass is 35.5. The summed E-state index contributed by atoms with van der Waals surface area (Å²) < 4.78 is 5.30. The summed E-state index contributed by atoms with van der Waals surface area (Å²) in [4.78, 5) is 24.5. The van der Waals surface area contributed by atoms with Crippen LogP contribution in [0.25, 0.3) is 0 Å². The smallest absolute Gasteiger partial charge is 0.271 e. The Balaban J connectivity index is 2.03. The number of carbonyl (C=O) groups excluding carboxylic acids is 1. The molecular formula is C18H20ClN3O4. The number of non-ortho nitro benzene ring substituents is 1.